The first kappa shape index (κ1) is 15.1. The van der Waals surface area contributed by atoms with E-state index in [4.69, 9.17) is 0 Å². The van der Waals surface area contributed by atoms with Crippen molar-refractivity contribution >= 4 is 23.8 Å². The molecule has 0 saturated carbocycles. The SMILES string of the molecule is CCCc1nc(S/C(=C\c2ccccc2O)C(=O)O)n[nH]1. The van der Waals surface area contributed by atoms with Crippen LogP contribution in [0.4, 0.5) is 0 Å². The Morgan fingerprint density at radius 1 is 1.43 bits per heavy atom. The molecule has 0 atom stereocenters. The van der Waals surface area contributed by atoms with Gasteiger partial charge < -0.3 is 10.2 Å². The Morgan fingerprint density at radius 3 is 2.86 bits per heavy atom. The van der Waals surface area contributed by atoms with Crippen LogP contribution in [0.2, 0.25) is 0 Å². The third kappa shape index (κ3) is 4.09. The van der Waals surface area contributed by atoms with Gasteiger partial charge in [-0.2, -0.15) is 0 Å². The van der Waals surface area contributed by atoms with Crippen molar-refractivity contribution in [2.45, 2.75) is 24.9 Å². The van der Waals surface area contributed by atoms with Gasteiger partial charge >= 0.3 is 5.97 Å². The lowest BCUT2D eigenvalue weighted by atomic mass is 10.2. The molecule has 1 heterocycles. The Labute approximate surface area is 125 Å². The number of para-hydroxylation sites is 1. The van der Waals surface area contributed by atoms with E-state index in [1.165, 1.54) is 12.1 Å². The zero-order valence-electron chi connectivity index (χ0n) is 11.4. The van der Waals surface area contributed by atoms with E-state index in [0.29, 0.717) is 10.7 Å². The van der Waals surface area contributed by atoms with Crippen LogP contribution in [0.3, 0.4) is 0 Å². The predicted octanol–water partition coefficient (Wildman–Crippen LogP) is 2.68. The lowest BCUT2D eigenvalue weighted by Crippen LogP contribution is -1.97. The topological polar surface area (TPSA) is 99.1 Å². The number of aromatic hydroxyl groups is 1. The molecule has 1 aromatic heterocycles. The van der Waals surface area contributed by atoms with Gasteiger partial charge in [0.2, 0.25) is 5.16 Å². The molecule has 7 heteroatoms. The second kappa shape index (κ2) is 6.94. The van der Waals surface area contributed by atoms with Gasteiger partial charge in [0.05, 0.1) is 0 Å². The van der Waals surface area contributed by atoms with Gasteiger partial charge in [-0.1, -0.05) is 25.1 Å². The van der Waals surface area contributed by atoms with Crippen molar-refractivity contribution in [2.75, 3.05) is 0 Å². The molecule has 0 aliphatic heterocycles. The third-order valence-corrected chi connectivity index (χ3v) is 3.51. The van der Waals surface area contributed by atoms with E-state index < -0.39 is 5.97 Å². The molecule has 21 heavy (non-hydrogen) atoms. The standard InChI is InChI=1S/C14H15N3O3S/c1-2-5-12-15-14(17-16-12)21-11(13(19)20)8-9-6-3-4-7-10(9)18/h3-4,6-8,18H,2,5H2,1H3,(H,19,20)(H,15,16,17)/b11-8-. The number of aromatic nitrogens is 3. The van der Waals surface area contributed by atoms with Crippen molar-refractivity contribution in [3.63, 3.8) is 0 Å². The van der Waals surface area contributed by atoms with E-state index in [1.807, 2.05) is 6.92 Å². The molecule has 0 unspecified atom stereocenters. The number of H-pyrrole nitrogens is 1. The number of hydrogen-bond donors (Lipinski definition) is 3. The van der Waals surface area contributed by atoms with E-state index in [9.17, 15) is 15.0 Å². The second-order valence-corrected chi connectivity index (χ2v) is 5.30. The van der Waals surface area contributed by atoms with Crippen LogP contribution in [0.15, 0.2) is 34.3 Å². The molecule has 0 saturated heterocycles. The molecule has 0 fully saturated rings. The zero-order chi connectivity index (χ0) is 15.2. The summed E-state index contributed by atoms with van der Waals surface area (Å²) in [6, 6.07) is 6.54. The molecule has 2 rings (SSSR count). The van der Waals surface area contributed by atoms with Crippen LogP contribution in [0, 0.1) is 0 Å². The van der Waals surface area contributed by atoms with Crippen molar-refractivity contribution < 1.29 is 15.0 Å². The fraction of sp³-hybridized carbons (Fsp3) is 0.214. The van der Waals surface area contributed by atoms with Crippen molar-refractivity contribution in [1.82, 2.24) is 15.2 Å². The molecule has 0 aliphatic rings. The van der Waals surface area contributed by atoms with E-state index in [2.05, 4.69) is 15.2 Å². The number of nitrogens with zero attached hydrogens (tertiary/aromatic N) is 2. The van der Waals surface area contributed by atoms with Crippen LogP contribution in [-0.4, -0.2) is 31.4 Å². The fourth-order valence-electron chi connectivity index (χ4n) is 1.66. The second-order valence-electron chi connectivity index (χ2n) is 4.29. The highest BCUT2D eigenvalue weighted by molar-refractivity contribution is 8.04. The zero-order valence-corrected chi connectivity index (χ0v) is 12.2. The molecule has 3 N–H and O–H groups in total. The van der Waals surface area contributed by atoms with Gasteiger partial charge in [0.25, 0.3) is 0 Å². The van der Waals surface area contributed by atoms with Crippen LogP contribution in [0.25, 0.3) is 6.08 Å². The summed E-state index contributed by atoms with van der Waals surface area (Å²) in [6.45, 7) is 2.02. The number of carbonyl (C=O) groups is 1. The Bertz CT molecular complexity index is 667. The number of rotatable bonds is 6. The van der Waals surface area contributed by atoms with Gasteiger partial charge in [0.15, 0.2) is 0 Å². The number of aliphatic carboxylic acids is 1. The maximum atomic E-state index is 11.3. The number of carboxylic acid groups (broad SMARTS) is 1. The molecule has 110 valence electrons. The summed E-state index contributed by atoms with van der Waals surface area (Å²) in [7, 11) is 0. The first-order chi connectivity index (χ1) is 10.1. The molecule has 0 aliphatic carbocycles. The number of nitrogens with one attached hydrogen (secondary N) is 1. The number of thioether (sulfide) groups is 1. The number of carboxylic acids is 1. The smallest absolute Gasteiger partial charge is 0.342 e. The summed E-state index contributed by atoms with van der Waals surface area (Å²) >= 11 is 0.944. The molecule has 0 bridgehead atoms. The molecule has 6 nitrogen and oxygen atoms in total. The number of hydrogen-bond acceptors (Lipinski definition) is 5. The molecule has 0 amide bonds. The number of aromatic amines is 1. The maximum Gasteiger partial charge on any atom is 0.342 e. The van der Waals surface area contributed by atoms with Crippen LogP contribution in [0.1, 0.15) is 24.7 Å². The van der Waals surface area contributed by atoms with Crippen molar-refractivity contribution in [1.29, 1.82) is 0 Å². The van der Waals surface area contributed by atoms with Crippen molar-refractivity contribution in [3.05, 3.63) is 40.6 Å². The maximum absolute atomic E-state index is 11.3. The minimum atomic E-state index is -1.09. The summed E-state index contributed by atoms with van der Waals surface area (Å²) in [4.78, 5) is 15.6. The molecule has 0 radical (unpaired) electrons. The average molecular weight is 305 g/mol. The van der Waals surface area contributed by atoms with Gasteiger partial charge in [0, 0.05) is 12.0 Å². The van der Waals surface area contributed by atoms with E-state index in [-0.39, 0.29) is 10.7 Å². The van der Waals surface area contributed by atoms with Crippen LogP contribution >= 0.6 is 11.8 Å². The summed E-state index contributed by atoms with van der Waals surface area (Å²) in [5, 5.41) is 26.1. The minimum Gasteiger partial charge on any atom is -0.507 e. The first-order valence-corrected chi connectivity index (χ1v) is 7.24. The van der Waals surface area contributed by atoms with Crippen LogP contribution in [-0.2, 0) is 11.2 Å². The van der Waals surface area contributed by atoms with Gasteiger partial charge in [-0.25, -0.2) is 9.78 Å². The van der Waals surface area contributed by atoms with E-state index in [0.717, 1.165) is 30.4 Å². The molecule has 0 spiro atoms. The van der Waals surface area contributed by atoms with Gasteiger partial charge in [-0.3, -0.25) is 5.10 Å². The summed E-state index contributed by atoms with van der Waals surface area (Å²) < 4.78 is 0. The number of phenolic OH excluding ortho intramolecular Hbond substituents is 1. The van der Waals surface area contributed by atoms with Gasteiger partial charge in [-0.15, -0.1) is 5.10 Å². The average Bonchev–Trinajstić information content (AvgIpc) is 2.88. The van der Waals surface area contributed by atoms with E-state index >= 15 is 0 Å². The Hall–Kier alpha value is -2.28. The quantitative estimate of drug-likeness (QED) is 0.560. The predicted molar refractivity (Wildman–Crippen MR) is 80.0 cm³/mol. The number of benzene rings is 1. The Balaban J connectivity index is 2.23. The van der Waals surface area contributed by atoms with Crippen molar-refractivity contribution in [2.24, 2.45) is 0 Å². The molecular weight excluding hydrogens is 290 g/mol. The van der Waals surface area contributed by atoms with Crippen molar-refractivity contribution in [3.8, 4) is 5.75 Å². The first-order valence-electron chi connectivity index (χ1n) is 6.42. The van der Waals surface area contributed by atoms with Gasteiger partial charge in [-0.05, 0) is 30.3 Å². The lowest BCUT2D eigenvalue weighted by molar-refractivity contribution is -0.131. The fourth-order valence-corrected chi connectivity index (χ4v) is 2.37. The van der Waals surface area contributed by atoms with Crippen LogP contribution in [0.5, 0.6) is 5.75 Å². The van der Waals surface area contributed by atoms with Gasteiger partial charge in [0.1, 0.15) is 16.5 Å². The summed E-state index contributed by atoms with van der Waals surface area (Å²) in [5.41, 5.74) is 0.437. The largest absolute Gasteiger partial charge is 0.507 e. The molecule has 2 aromatic rings. The summed E-state index contributed by atoms with van der Waals surface area (Å²) in [6.07, 6.45) is 3.09. The lowest BCUT2D eigenvalue weighted by Gasteiger charge is -2.01. The molecule has 1 aromatic carbocycles. The Morgan fingerprint density at radius 2 is 2.19 bits per heavy atom. The third-order valence-electron chi connectivity index (χ3n) is 2.63. The highest BCUT2D eigenvalue weighted by atomic mass is 32.2. The highest BCUT2D eigenvalue weighted by Gasteiger charge is 2.14. The monoisotopic (exact) mass is 305 g/mol. The minimum absolute atomic E-state index is 0.0264. The molecular formula is C14H15N3O3S. The normalized spacial score (nSPS) is 11.6. The summed E-state index contributed by atoms with van der Waals surface area (Å²) in [5.74, 6) is -0.337. The number of aryl methyl sites for hydroxylation is 1. The highest BCUT2D eigenvalue weighted by Crippen LogP contribution is 2.28. The van der Waals surface area contributed by atoms with E-state index in [1.54, 1.807) is 18.2 Å². The van der Waals surface area contributed by atoms with Crippen LogP contribution < -0.4 is 0 Å². The Kier molecular flexibility index (Phi) is 4.99. The number of phenols is 1.